The van der Waals surface area contributed by atoms with Crippen molar-refractivity contribution < 1.29 is 18.7 Å². The number of nitrogens with zero attached hydrogens (tertiary/aromatic N) is 5. The van der Waals surface area contributed by atoms with Crippen LogP contribution in [-0.2, 0) is 4.74 Å². The van der Waals surface area contributed by atoms with E-state index in [1.54, 1.807) is 11.1 Å². The van der Waals surface area contributed by atoms with Crippen molar-refractivity contribution in [2.45, 2.75) is 39.2 Å². The van der Waals surface area contributed by atoms with Gasteiger partial charge in [-0.25, -0.2) is 9.78 Å². The number of piperazine rings is 1. The van der Waals surface area contributed by atoms with Crippen LogP contribution in [0.5, 0.6) is 5.75 Å². The molecule has 6 rings (SSSR count). The van der Waals surface area contributed by atoms with E-state index in [0.29, 0.717) is 49.0 Å². The molecule has 4 aromatic rings. The summed E-state index contributed by atoms with van der Waals surface area (Å²) in [5.41, 5.74) is 3.90. The fourth-order valence-electron chi connectivity index (χ4n) is 6.24. The van der Waals surface area contributed by atoms with E-state index in [4.69, 9.17) is 13.9 Å². The van der Waals surface area contributed by atoms with Crippen molar-refractivity contribution in [1.29, 1.82) is 5.26 Å². The molecule has 246 valence electrons. The molecule has 4 heterocycles. The van der Waals surface area contributed by atoms with E-state index in [1.165, 1.54) is 12.8 Å². The van der Waals surface area contributed by atoms with Crippen molar-refractivity contribution in [3.8, 4) is 34.3 Å². The van der Waals surface area contributed by atoms with Crippen molar-refractivity contribution in [2.24, 2.45) is 0 Å². The van der Waals surface area contributed by atoms with Crippen molar-refractivity contribution in [3.63, 3.8) is 0 Å². The number of likely N-dealkylation sites (tertiary alicyclic amines) is 1. The second kappa shape index (κ2) is 14.4. The minimum atomic E-state index is -0.511. The van der Waals surface area contributed by atoms with Gasteiger partial charge in [-0.15, -0.1) is 0 Å². The van der Waals surface area contributed by atoms with Crippen molar-refractivity contribution in [3.05, 3.63) is 66.4 Å². The number of nitriles is 1. The van der Waals surface area contributed by atoms with Crippen molar-refractivity contribution in [1.82, 2.24) is 19.7 Å². The molecule has 47 heavy (non-hydrogen) atoms. The summed E-state index contributed by atoms with van der Waals surface area (Å²) in [5.74, 6) is 1.52. The normalized spacial score (nSPS) is 15.9. The lowest BCUT2D eigenvalue weighted by Gasteiger charge is -2.35. The highest BCUT2D eigenvalue weighted by Gasteiger charge is 2.27. The Labute approximate surface area is 276 Å². The molecule has 0 aliphatic carbocycles. The largest absolute Gasteiger partial charge is 0.492 e. The zero-order valence-electron chi connectivity index (χ0n) is 27.6. The Morgan fingerprint density at radius 3 is 2.32 bits per heavy atom. The molecule has 0 radical (unpaired) electrons. The summed E-state index contributed by atoms with van der Waals surface area (Å²) in [5, 5.41) is 14.4. The van der Waals surface area contributed by atoms with Gasteiger partial charge >= 0.3 is 6.09 Å². The topological polar surface area (TPSA) is 107 Å². The number of carbonyl (C=O) groups excluding carboxylic acids is 1. The predicted octanol–water partition coefficient (Wildman–Crippen LogP) is 6.47. The Morgan fingerprint density at radius 2 is 1.64 bits per heavy atom. The summed E-state index contributed by atoms with van der Waals surface area (Å²) in [4.78, 5) is 23.6. The highest BCUT2D eigenvalue weighted by atomic mass is 16.6. The zero-order chi connectivity index (χ0) is 32.8. The molecule has 2 aromatic heterocycles. The summed E-state index contributed by atoms with van der Waals surface area (Å²) in [7, 11) is 0. The van der Waals surface area contributed by atoms with Crippen LogP contribution in [0.1, 0.15) is 39.2 Å². The van der Waals surface area contributed by atoms with Crippen LogP contribution in [-0.4, -0.2) is 96.9 Å². The van der Waals surface area contributed by atoms with Gasteiger partial charge in [0.15, 0.2) is 0 Å². The van der Waals surface area contributed by atoms with Gasteiger partial charge in [0, 0.05) is 56.9 Å². The summed E-state index contributed by atoms with van der Waals surface area (Å²) in [6.45, 7) is 13.6. The van der Waals surface area contributed by atoms with E-state index < -0.39 is 5.60 Å². The number of hydrogen-bond donors (Lipinski definition) is 1. The molecule has 2 aliphatic heterocycles. The molecule has 0 saturated carbocycles. The third-order valence-corrected chi connectivity index (χ3v) is 8.65. The first-order valence-electron chi connectivity index (χ1n) is 16.6. The molecule has 0 bridgehead atoms. The van der Waals surface area contributed by atoms with Gasteiger partial charge in [-0.3, -0.25) is 9.80 Å². The predicted molar refractivity (Wildman–Crippen MR) is 184 cm³/mol. The van der Waals surface area contributed by atoms with Crippen LogP contribution < -0.4 is 10.1 Å². The van der Waals surface area contributed by atoms with Crippen LogP contribution in [0.25, 0.3) is 33.6 Å². The first-order chi connectivity index (χ1) is 22.8. The van der Waals surface area contributed by atoms with Crippen LogP contribution in [0, 0.1) is 11.3 Å². The minimum absolute atomic E-state index is 0.267. The van der Waals surface area contributed by atoms with Gasteiger partial charge in [0.25, 0.3) is 0 Å². The standard InChI is InChI=1S/C37H44N6O4/c1-37(2,3)47-36(44)43-21-19-42(20-22-43)18-15-39-33-29(25-38)26-40-35-32(33)31(27-9-5-4-6-10-27)34(46-35)28-11-13-30(14-12-28)45-24-23-41-16-7-8-17-41/h4-6,9-14,26H,7-8,15-24H2,1-3H3,(H,39,40). The zero-order valence-corrected chi connectivity index (χ0v) is 27.6. The average molecular weight is 637 g/mol. The smallest absolute Gasteiger partial charge is 0.410 e. The number of aromatic nitrogens is 1. The van der Waals surface area contributed by atoms with E-state index in [0.717, 1.165) is 67.1 Å². The maximum absolute atomic E-state index is 12.5. The van der Waals surface area contributed by atoms with Crippen LogP contribution in [0.3, 0.4) is 0 Å². The Bertz CT molecular complexity index is 1690. The molecule has 1 N–H and O–H groups in total. The van der Waals surface area contributed by atoms with Gasteiger partial charge in [-0.05, 0) is 76.5 Å². The van der Waals surface area contributed by atoms with Crippen LogP contribution in [0.15, 0.2) is 65.2 Å². The molecule has 0 atom stereocenters. The van der Waals surface area contributed by atoms with Gasteiger partial charge in [0.1, 0.15) is 29.8 Å². The quantitative estimate of drug-likeness (QED) is 0.210. The Hall–Kier alpha value is -4.59. The molecule has 1 amide bonds. The van der Waals surface area contributed by atoms with Gasteiger partial charge in [-0.1, -0.05) is 30.3 Å². The maximum atomic E-state index is 12.5. The highest BCUT2D eigenvalue weighted by molar-refractivity contribution is 6.08. The van der Waals surface area contributed by atoms with Gasteiger partial charge in [-0.2, -0.15) is 5.26 Å². The number of amides is 1. The average Bonchev–Trinajstić information content (AvgIpc) is 3.73. The second-order valence-electron chi connectivity index (χ2n) is 13.2. The number of nitrogens with one attached hydrogen (secondary N) is 1. The van der Waals surface area contributed by atoms with E-state index in [1.807, 2.05) is 63.2 Å². The minimum Gasteiger partial charge on any atom is -0.492 e. The number of benzene rings is 2. The van der Waals surface area contributed by atoms with Crippen LogP contribution in [0.4, 0.5) is 10.5 Å². The molecule has 2 aliphatic rings. The van der Waals surface area contributed by atoms with Crippen molar-refractivity contribution >= 4 is 22.9 Å². The number of fused-ring (bicyclic) bond motifs is 1. The van der Waals surface area contributed by atoms with Gasteiger partial charge in [0.05, 0.1) is 22.8 Å². The first kappa shape index (κ1) is 32.4. The summed E-state index contributed by atoms with van der Waals surface area (Å²) < 4.78 is 18.1. The molecular formula is C37H44N6O4. The van der Waals surface area contributed by atoms with E-state index in [-0.39, 0.29) is 6.09 Å². The maximum Gasteiger partial charge on any atom is 0.410 e. The summed E-state index contributed by atoms with van der Waals surface area (Å²) in [6.07, 6.45) is 3.85. The Kier molecular flexibility index (Phi) is 9.95. The highest BCUT2D eigenvalue weighted by Crippen LogP contribution is 2.44. The fourth-order valence-corrected chi connectivity index (χ4v) is 6.24. The monoisotopic (exact) mass is 636 g/mol. The lowest BCUT2D eigenvalue weighted by atomic mass is 9.97. The second-order valence-corrected chi connectivity index (χ2v) is 13.2. The van der Waals surface area contributed by atoms with Gasteiger partial charge < -0.3 is 24.1 Å². The molecule has 0 unspecified atom stereocenters. The number of furan rings is 1. The number of rotatable bonds is 10. The van der Waals surface area contributed by atoms with E-state index >= 15 is 0 Å². The molecule has 10 nitrogen and oxygen atoms in total. The van der Waals surface area contributed by atoms with Crippen LogP contribution in [0.2, 0.25) is 0 Å². The first-order valence-corrected chi connectivity index (χ1v) is 16.6. The lowest BCUT2D eigenvalue weighted by Crippen LogP contribution is -2.50. The number of anilines is 1. The number of hydrogen-bond acceptors (Lipinski definition) is 9. The molecule has 10 heteroatoms. The fraction of sp³-hybridized carbons (Fsp3) is 0.432. The Morgan fingerprint density at radius 1 is 0.936 bits per heavy atom. The molecule has 2 fully saturated rings. The SMILES string of the molecule is CC(C)(C)OC(=O)N1CCN(CCNc2c(C#N)cnc3oc(-c4ccc(OCCN5CCCC5)cc4)c(-c4ccccc4)c23)CC1. The lowest BCUT2D eigenvalue weighted by molar-refractivity contribution is 0.0148. The van der Waals surface area contributed by atoms with E-state index in [9.17, 15) is 10.1 Å². The number of ether oxygens (including phenoxy) is 2. The summed E-state index contributed by atoms with van der Waals surface area (Å²) in [6, 6.07) is 20.4. The van der Waals surface area contributed by atoms with Gasteiger partial charge in [0.2, 0.25) is 5.71 Å². The summed E-state index contributed by atoms with van der Waals surface area (Å²) >= 11 is 0. The van der Waals surface area contributed by atoms with Crippen LogP contribution >= 0.6 is 0 Å². The third kappa shape index (κ3) is 7.87. The number of carbonyl (C=O) groups is 1. The number of pyridine rings is 1. The molecule has 2 aromatic carbocycles. The Balaban J connectivity index is 1.20. The molecular weight excluding hydrogens is 592 g/mol. The molecule has 2 saturated heterocycles. The third-order valence-electron chi connectivity index (χ3n) is 8.65. The molecule has 0 spiro atoms. The van der Waals surface area contributed by atoms with Crippen molar-refractivity contribution in [2.75, 3.05) is 70.8 Å². The van der Waals surface area contributed by atoms with E-state index in [2.05, 4.69) is 38.3 Å².